The van der Waals surface area contributed by atoms with Crippen LogP contribution in [-0.4, -0.2) is 21.3 Å². The van der Waals surface area contributed by atoms with Gasteiger partial charge in [-0.15, -0.1) is 0 Å². The first-order valence-electron chi connectivity index (χ1n) is 9.95. The van der Waals surface area contributed by atoms with Gasteiger partial charge < -0.3 is 19.5 Å². The number of rotatable bonds is 9. The molecule has 3 aromatic rings. The fourth-order valence-electron chi connectivity index (χ4n) is 3.16. The summed E-state index contributed by atoms with van der Waals surface area (Å²) in [5.74, 6) is 0.426. The van der Waals surface area contributed by atoms with Crippen LogP contribution < -0.4 is 44.3 Å². The second kappa shape index (κ2) is 12.0. The fourth-order valence-corrected chi connectivity index (χ4v) is 4.16. The predicted molar refractivity (Wildman–Crippen MR) is 119 cm³/mol. The number of para-hydroxylation sites is 1. The average Bonchev–Trinajstić information content (AvgIpc) is 2.73. The van der Waals surface area contributed by atoms with Gasteiger partial charge in [0.25, 0.3) is 0 Å². The molecule has 0 saturated carbocycles. The molecule has 0 N–H and O–H groups in total. The number of benzene rings is 3. The summed E-state index contributed by atoms with van der Waals surface area (Å²) in [6, 6.07) is 25.8. The number of carboxylic acids is 1. The number of ether oxygens (including phenoxy) is 1. The Morgan fingerprint density at radius 3 is 1.93 bits per heavy atom. The molecule has 0 radical (unpaired) electrons. The Labute approximate surface area is 202 Å². The van der Waals surface area contributed by atoms with E-state index in [-0.39, 0.29) is 35.1 Å². The van der Waals surface area contributed by atoms with Gasteiger partial charge in [-0.3, -0.25) is 0 Å². The molecule has 0 atom stereocenters. The number of carboxylic acid groups (broad SMARTS) is 1. The van der Waals surface area contributed by atoms with E-state index in [4.69, 9.17) is 4.74 Å². The molecular formula is C24H26NNaO3Si. The third-order valence-electron chi connectivity index (χ3n) is 4.71. The van der Waals surface area contributed by atoms with Crippen molar-refractivity contribution in [1.29, 1.82) is 0 Å². The van der Waals surface area contributed by atoms with Crippen LogP contribution in [0.1, 0.15) is 16.8 Å². The zero-order chi connectivity index (χ0) is 20.6. The third kappa shape index (κ3) is 7.02. The summed E-state index contributed by atoms with van der Waals surface area (Å²) >= 11 is 0. The minimum atomic E-state index is -1.16. The average molecular weight is 428 g/mol. The van der Waals surface area contributed by atoms with Gasteiger partial charge in [0, 0.05) is 26.7 Å². The Morgan fingerprint density at radius 1 is 0.867 bits per heavy atom. The van der Waals surface area contributed by atoms with Gasteiger partial charge in [0.05, 0.1) is 5.97 Å². The fraction of sp³-hybridized carbons (Fsp3) is 0.208. The second-order valence-corrected chi connectivity index (χ2v) is 10.8. The topological polar surface area (TPSA) is 52.6 Å². The summed E-state index contributed by atoms with van der Waals surface area (Å²) in [6.45, 7) is 5.60. The van der Waals surface area contributed by atoms with Gasteiger partial charge in [0.1, 0.15) is 11.5 Å². The largest absolute Gasteiger partial charge is 1.00 e. The molecule has 0 aliphatic rings. The van der Waals surface area contributed by atoms with Gasteiger partial charge in [0.15, 0.2) is 0 Å². The van der Waals surface area contributed by atoms with E-state index >= 15 is 0 Å². The normalized spacial score (nSPS) is 10.4. The van der Waals surface area contributed by atoms with Crippen molar-refractivity contribution in [2.45, 2.75) is 25.6 Å². The van der Waals surface area contributed by atoms with E-state index in [0.29, 0.717) is 0 Å². The van der Waals surface area contributed by atoms with Gasteiger partial charge in [-0.25, -0.2) is 0 Å². The van der Waals surface area contributed by atoms with E-state index in [0.717, 1.165) is 35.8 Å². The van der Waals surface area contributed by atoms with Gasteiger partial charge in [-0.05, 0) is 60.5 Å². The summed E-state index contributed by atoms with van der Waals surface area (Å²) in [4.78, 5) is 13.3. The molecule has 0 fully saturated rings. The first-order valence-corrected chi connectivity index (χ1v) is 13.1. The van der Waals surface area contributed by atoms with Crippen molar-refractivity contribution < 1.29 is 44.2 Å². The summed E-state index contributed by atoms with van der Waals surface area (Å²) in [5, 5.41) is 11.1. The number of nitrogens with zero attached hydrogens (tertiary/aromatic N) is 1. The van der Waals surface area contributed by atoms with Crippen molar-refractivity contribution in [3.63, 3.8) is 0 Å². The van der Waals surface area contributed by atoms with Gasteiger partial charge in [-0.1, -0.05) is 49.5 Å². The van der Waals surface area contributed by atoms with E-state index in [9.17, 15) is 9.90 Å². The van der Waals surface area contributed by atoms with Crippen LogP contribution in [0.5, 0.6) is 11.5 Å². The van der Waals surface area contributed by atoms with E-state index < -0.39 is 14.8 Å². The number of carbonyl (C=O) groups is 1. The maximum absolute atomic E-state index is 11.1. The number of hydrogen-bond donors (Lipinski definition) is 0. The molecule has 4 nitrogen and oxygen atoms in total. The van der Waals surface area contributed by atoms with Crippen molar-refractivity contribution in [3.8, 4) is 11.5 Å². The second-order valence-electron chi connectivity index (χ2n) is 7.43. The standard InChI is InChI=1S/C24H27NO3Si.Na/c1-29(2)18-6-17-25(20-11-9-19(10-12-20)24(26)27)21-13-15-23(16-14-21)28-22-7-4-3-5-8-22;/h3-5,7-16,29H,6,17-18H2,1-2H3,(H,26,27);/q;+1/p-1. The molecule has 0 bridgehead atoms. The van der Waals surface area contributed by atoms with Crippen LogP contribution in [0.2, 0.25) is 19.1 Å². The van der Waals surface area contributed by atoms with E-state index in [2.05, 4.69) is 18.0 Å². The minimum absolute atomic E-state index is 0. The van der Waals surface area contributed by atoms with E-state index in [1.54, 1.807) is 12.1 Å². The van der Waals surface area contributed by atoms with Crippen LogP contribution in [0.4, 0.5) is 11.4 Å². The van der Waals surface area contributed by atoms with Crippen molar-refractivity contribution in [1.82, 2.24) is 0 Å². The van der Waals surface area contributed by atoms with Crippen molar-refractivity contribution in [2.75, 3.05) is 11.4 Å². The van der Waals surface area contributed by atoms with E-state index in [1.807, 2.05) is 66.7 Å². The van der Waals surface area contributed by atoms with Gasteiger partial charge >= 0.3 is 29.6 Å². The molecule has 3 rings (SSSR count). The molecule has 0 unspecified atom stereocenters. The number of carbonyl (C=O) groups excluding carboxylic acids is 1. The van der Waals surface area contributed by atoms with Gasteiger partial charge in [0.2, 0.25) is 0 Å². The minimum Gasteiger partial charge on any atom is -0.545 e. The van der Waals surface area contributed by atoms with Crippen LogP contribution in [0.15, 0.2) is 78.9 Å². The molecular weight excluding hydrogens is 401 g/mol. The summed E-state index contributed by atoms with van der Waals surface area (Å²) in [5.41, 5.74) is 2.21. The Bertz CT molecular complexity index is 915. The summed E-state index contributed by atoms with van der Waals surface area (Å²) in [7, 11) is -0.620. The first kappa shape index (κ1) is 24.2. The summed E-state index contributed by atoms with van der Waals surface area (Å²) in [6.07, 6.45) is 1.11. The number of hydrogen-bond acceptors (Lipinski definition) is 4. The number of anilines is 2. The quantitative estimate of drug-likeness (QED) is 0.489. The van der Waals surface area contributed by atoms with Crippen LogP contribution in [-0.2, 0) is 0 Å². The third-order valence-corrected chi connectivity index (χ3v) is 6.27. The Kier molecular flexibility index (Phi) is 9.66. The molecule has 30 heavy (non-hydrogen) atoms. The smallest absolute Gasteiger partial charge is 0.545 e. The Balaban J connectivity index is 0.00000320. The van der Waals surface area contributed by atoms with Crippen molar-refractivity contribution >= 4 is 26.1 Å². The molecule has 0 heterocycles. The van der Waals surface area contributed by atoms with Crippen LogP contribution >= 0.6 is 0 Å². The van der Waals surface area contributed by atoms with Crippen LogP contribution in [0.3, 0.4) is 0 Å². The van der Waals surface area contributed by atoms with Gasteiger partial charge in [-0.2, -0.15) is 0 Å². The molecule has 150 valence electrons. The molecule has 0 spiro atoms. The molecule has 0 saturated heterocycles. The SMILES string of the molecule is C[SiH](C)CCCN(c1ccc(Oc2ccccc2)cc1)c1ccc(C(=O)[O-])cc1.[Na+]. The first-order chi connectivity index (χ1) is 14.0. The molecule has 6 heteroatoms. The van der Waals surface area contributed by atoms with Crippen molar-refractivity contribution in [2.24, 2.45) is 0 Å². The zero-order valence-electron chi connectivity index (χ0n) is 17.9. The van der Waals surface area contributed by atoms with E-state index in [1.165, 1.54) is 6.04 Å². The molecule has 0 aromatic heterocycles. The summed E-state index contributed by atoms with van der Waals surface area (Å²) < 4.78 is 5.89. The Morgan fingerprint density at radius 2 is 1.40 bits per heavy atom. The maximum Gasteiger partial charge on any atom is 1.00 e. The molecule has 3 aromatic carbocycles. The van der Waals surface area contributed by atoms with Crippen LogP contribution in [0.25, 0.3) is 0 Å². The zero-order valence-corrected chi connectivity index (χ0v) is 21.0. The monoisotopic (exact) mass is 427 g/mol. The molecule has 0 amide bonds. The van der Waals surface area contributed by atoms with Crippen molar-refractivity contribution in [3.05, 3.63) is 84.4 Å². The Hall–Kier alpha value is -2.05. The number of aromatic carboxylic acids is 1. The molecule has 0 aliphatic heterocycles. The predicted octanol–water partition coefficient (Wildman–Crippen LogP) is 1.86. The van der Waals surface area contributed by atoms with Crippen LogP contribution in [0, 0.1) is 0 Å². The maximum atomic E-state index is 11.1. The molecule has 0 aliphatic carbocycles.